The Morgan fingerprint density at radius 2 is 1.91 bits per heavy atom. The van der Waals surface area contributed by atoms with Crippen LogP contribution in [0.4, 0.5) is 10.5 Å². The van der Waals surface area contributed by atoms with Gasteiger partial charge in [0, 0.05) is 29.5 Å². The number of rotatable bonds is 8. The van der Waals surface area contributed by atoms with Gasteiger partial charge < -0.3 is 20.7 Å². The molecule has 3 amide bonds. The van der Waals surface area contributed by atoms with Crippen LogP contribution in [-0.4, -0.2) is 49.6 Å². The van der Waals surface area contributed by atoms with Gasteiger partial charge in [-0.25, -0.2) is 9.59 Å². The van der Waals surface area contributed by atoms with Gasteiger partial charge in [0.15, 0.2) is 0 Å². The number of hydrogen-bond donors (Lipinski definition) is 3. The van der Waals surface area contributed by atoms with Crippen LogP contribution in [0.15, 0.2) is 65.9 Å². The summed E-state index contributed by atoms with van der Waals surface area (Å²) >= 11 is 0. The van der Waals surface area contributed by atoms with E-state index in [1.54, 1.807) is 19.1 Å². The molecule has 0 spiro atoms. The zero-order valence-electron chi connectivity index (χ0n) is 18.5. The molecular weight excluding hydrogens is 408 g/mol. The van der Waals surface area contributed by atoms with Crippen LogP contribution < -0.4 is 16.0 Å². The second kappa shape index (κ2) is 10.6. The highest BCUT2D eigenvalue weighted by Gasteiger charge is 2.25. The molecule has 32 heavy (non-hydrogen) atoms. The van der Waals surface area contributed by atoms with Gasteiger partial charge in [-0.15, -0.1) is 0 Å². The van der Waals surface area contributed by atoms with E-state index < -0.39 is 5.97 Å². The Morgan fingerprint density at radius 1 is 1.16 bits per heavy atom. The van der Waals surface area contributed by atoms with Crippen molar-refractivity contribution in [1.29, 1.82) is 0 Å². The summed E-state index contributed by atoms with van der Waals surface area (Å²) in [5.41, 5.74) is 3.20. The Labute approximate surface area is 187 Å². The maximum atomic E-state index is 12.5. The molecule has 168 valence electrons. The summed E-state index contributed by atoms with van der Waals surface area (Å²) in [4.78, 5) is 38.6. The predicted molar refractivity (Wildman–Crippen MR) is 122 cm³/mol. The lowest BCUT2D eigenvalue weighted by Crippen LogP contribution is -2.46. The Hall–Kier alpha value is -3.65. The first kappa shape index (κ1) is 23.0. The molecule has 0 saturated heterocycles. The first-order valence-corrected chi connectivity index (χ1v) is 10.5. The summed E-state index contributed by atoms with van der Waals surface area (Å²) in [5, 5.41) is 8.26. The van der Waals surface area contributed by atoms with Gasteiger partial charge in [0.2, 0.25) is 0 Å². The highest BCUT2D eigenvalue weighted by molar-refractivity contribution is 6.04. The minimum atomic E-state index is -0.443. The molecule has 0 fully saturated rings. The van der Waals surface area contributed by atoms with Gasteiger partial charge in [0.1, 0.15) is 0 Å². The monoisotopic (exact) mass is 436 g/mol. The van der Waals surface area contributed by atoms with Crippen molar-refractivity contribution in [1.82, 2.24) is 15.5 Å². The number of hydrogen-bond acceptors (Lipinski definition) is 5. The Bertz CT molecular complexity index is 1020. The number of anilines is 1. The third kappa shape index (κ3) is 5.73. The van der Waals surface area contributed by atoms with E-state index in [1.807, 2.05) is 61.3 Å². The standard InChI is InChI=1S/C24H28N4O4/c1-4-32-23(30)20-14-25-24(31)27-21(20)15-28(3)16(2)18-11-8-12-19(13-18)26-22(29)17-9-6-5-7-10-17/h5-13,16H,4,14-15H2,1-3H3,(H,26,29)(H2,25,27,31). The van der Waals surface area contributed by atoms with E-state index in [-0.39, 0.29) is 31.1 Å². The molecule has 8 heteroatoms. The van der Waals surface area contributed by atoms with E-state index in [0.29, 0.717) is 29.1 Å². The molecule has 1 aliphatic heterocycles. The third-order valence-corrected chi connectivity index (χ3v) is 5.31. The lowest BCUT2D eigenvalue weighted by atomic mass is 10.1. The maximum Gasteiger partial charge on any atom is 0.337 e. The van der Waals surface area contributed by atoms with Gasteiger partial charge in [-0.05, 0) is 50.7 Å². The molecular formula is C24H28N4O4. The zero-order valence-corrected chi connectivity index (χ0v) is 18.5. The lowest BCUT2D eigenvalue weighted by molar-refractivity contribution is -0.138. The number of carbonyl (C=O) groups excluding carboxylic acids is 3. The van der Waals surface area contributed by atoms with Gasteiger partial charge in [-0.2, -0.15) is 0 Å². The van der Waals surface area contributed by atoms with Gasteiger partial charge in [0.05, 0.1) is 18.7 Å². The van der Waals surface area contributed by atoms with E-state index >= 15 is 0 Å². The fourth-order valence-corrected chi connectivity index (χ4v) is 3.39. The average molecular weight is 437 g/mol. The fraction of sp³-hybridized carbons (Fsp3) is 0.292. The SMILES string of the molecule is CCOC(=O)C1=C(CN(C)C(C)c2cccc(NC(=O)c3ccccc3)c2)NC(=O)NC1. The molecule has 0 saturated carbocycles. The number of nitrogens with one attached hydrogen (secondary N) is 3. The summed E-state index contributed by atoms with van der Waals surface area (Å²) in [6, 6.07) is 16.2. The maximum absolute atomic E-state index is 12.5. The van der Waals surface area contributed by atoms with Crippen molar-refractivity contribution in [3.05, 3.63) is 77.0 Å². The fourth-order valence-electron chi connectivity index (χ4n) is 3.39. The van der Waals surface area contributed by atoms with Crippen molar-refractivity contribution in [3.8, 4) is 0 Å². The quantitative estimate of drug-likeness (QED) is 0.553. The minimum Gasteiger partial charge on any atom is -0.463 e. The molecule has 1 aliphatic rings. The van der Waals surface area contributed by atoms with Gasteiger partial charge in [0.25, 0.3) is 5.91 Å². The van der Waals surface area contributed by atoms with E-state index in [9.17, 15) is 14.4 Å². The number of nitrogens with zero attached hydrogens (tertiary/aromatic N) is 1. The first-order chi connectivity index (χ1) is 15.4. The molecule has 2 aromatic carbocycles. The largest absolute Gasteiger partial charge is 0.463 e. The smallest absolute Gasteiger partial charge is 0.337 e. The van der Waals surface area contributed by atoms with Crippen molar-refractivity contribution in [3.63, 3.8) is 0 Å². The number of urea groups is 1. The molecule has 0 aliphatic carbocycles. The first-order valence-electron chi connectivity index (χ1n) is 10.5. The Balaban J connectivity index is 1.73. The van der Waals surface area contributed by atoms with Crippen molar-refractivity contribution in [2.75, 3.05) is 32.1 Å². The number of carbonyl (C=O) groups is 3. The molecule has 0 aromatic heterocycles. The van der Waals surface area contributed by atoms with Gasteiger partial charge >= 0.3 is 12.0 Å². The topological polar surface area (TPSA) is 99.8 Å². The average Bonchev–Trinajstić information content (AvgIpc) is 2.79. The Morgan fingerprint density at radius 3 is 2.62 bits per heavy atom. The number of amides is 3. The van der Waals surface area contributed by atoms with E-state index in [4.69, 9.17) is 4.74 Å². The van der Waals surface area contributed by atoms with Crippen LogP contribution in [0.5, 0.6) is 0 Å². The van der Waals surface area contributed by atoms with Crippen molar-refractivity contribution < 1.29 is 19.1 Å². The summed E-state index contributed by atoms with van der Waals surface area (Å²) in [7, 11) is 1.91. The van der Waals surface area contributed by atoms with Crippen LogP contribution in [0.2, 0.25) is 0 Å². The highest BCUT2D eigenvalue weighted by Crippen LogP contribution is 2.23. The third-order valence-electron chi connectivity index (χ3n) is 5.31. The highest BCUT2D eigenvalue weighted by atomic mass is 16.5. The molecule has 2 aromatic rings. The van der Waals surface area contributed by atoms with Gasteiger partial charge in [-0.1, -0.05) is 30.3 Å². The molecule has 0 radical (unpaired) electrons. The van der Waals surface area contributed by atoms with E-state index in [2.05, 4.69) is 16.0 Å². The van der Waals surface area contributed by atoms with Crippen LogP contribution in [0.25, 0.3) is 0 Å². The molecule has 8 nitrogen and oxygen atoms in total. The molecule has 1 unspecified atom stereocenters. The number of ether oxygens (including phenoxy) is 1. The molecule has 1 atom stereocenters. The zero-order chi connectivity index (χ0) is 23.1. The van der Waals surface area contributed by atoms with Crippen LogP contribution >= 0.6 is 0 Å². The van der Waals surface area contributed by atoms with Crippen LogP contribution in [0.3, 0.4) is 0 Å². The predicted octanol–water partition coefficient (Wildman–Crippen LogP) is 3.06. The normalized spacial score (nSPS) is 14.4. The van der Waals surface area contributed by atoms with Crippen molar-refractivity contribution >= 4 is 23.6 Å². The van der Waals surface area contributed by atoms with E-state index in [0.717, 1.165) is 5.56 Å². The molecule has 0 bridgehead atoms. The summed E-state index contributed by atoms with van der Waals surface area (Å²) in [6.45, 7) is 4.50. The second-order valence-corrected chi connectivity index (χ2v) is 7.52. The van der Waals surface area contributed by atoms with Crippen LogP contribution in [0, 0.1) is 0 Å². The lowest BCUT2D eigenvalue weighted by Gasteiger charge is -2.29. The van der Waals surface area contributed by atoms with Crippen LogP contribution in [-0.2, 0) is 9.53 Å². The Kier molecular flexibility index (Phi) is 7.62. The van der Waals surface area contributed by atoms with Gasteiger partial charge in [-0.3, -0.25) is 9.69 Å². The number of benzene rings is 2. The number of likely N-dealkylation sites (N-methyl/N-ethyl adjacent to an activating group) is 1. The van der Waals surface area contributed by atoms with Crippen molar-refractivity contribution in [2.24, 2.45) is 0 Å². The molecule has 3 N–H and O–H groups in total. The molecule has 3 rings (SSSR count). The summed E-state index contributed by atoms with van der Waals surface area (Å²) in [6.07, 6.45) is 0. The summed E-state index contributed by atoms with van der Waals surface area (Å²) in [5.74, 6) is -0.618. The van der Waals surface area contributed by atoms with E-state index in [1.165, 1.54) is 0 Å². The summed E-state index contributed by atoms with van der Waals surface area (Å²) < 4.78 is 5.12. The number of esters is 1. The second-order valence-electron chi connectivity index (χ2n) is 7.52. The minimum absolute atomic E-state index is 0.0497. The molecule has 1 heterocycles. The van der Waals surface area contributed by atoms with Crippen LogP contribution in [0.1, 0.15) is 35.8 Å². The van der Waals surface area contributed by atoms with Crippen molar-refractivity contribution in [2.45, 2.75) is 19.9 Å².